The summed E-state index contributed by atoms with van der Waals surface area (Å²) in [5.41, 5.74) is 3.61. The predicted molar refractivity (Wildman–Crippen MR) is 156 cm³/mol. The number of ether oxygens (including phenoxy) is 1. The summed E-state index contributed by atoms with van der Waals surface area (Å²) in [5, 5.41) is 12.5. The molecular weight excluding hydrogens is 456 g/mol. The van der Waals surface area contributed by atoms with Gasteiger partial charge >= 0.3 is 0 Å². The van der Waals surface area contributed by atoms with Crippen LogP contribution in [0.1, 0.15) is 91.0 Å². The molecule has 3 rings (SSSR count). The van der Waals surface area contributed by atoms with Crippen LogP contribution in [0.25, 0.3) is 0 Å². The first-order valence-electron chi connectivity index (χ1n) is 14.6. The summed E-state index contributed by atoms with van der Waals surface area (Å²) in [7, 11) is 1.68. The lowest BCUT2D eigenvalue weighted by atomic mass is 9.81. The van der Waals surface area contributed by atoms with Crippen LogP contribution in [0.15, 0.2) is 48.1 Å². The number of hydrogen-bond acceptors (Lipinski definition) is 4. The molecule has 6 unspecified atom stereocenters. The molecule has 2 N–H and O–H groups in total. The van der Waals surface area contributed by atoms with Gasteiger partial charge in [0.1, 0.15) is 5.75 Å². The molecule has 1 heterocycles. The zero-order chi connectivity index (χ0) is 26.9. The summed E-state index contributed by atoms with van der Waals surface area (Å²) in [6, 6.07) is 8.40. The Morgan fingerprint density at radius 2 is 2.00 bits per heavy atom. The molecule has 4 nitrogen and oxygen atoms in total. The van der Waals surface area contributed by atoms with Gasteiger partial charge in [0.15, 0.2) is 5.78 Å². The summed E-state index contributed by atoms with van der Waals surface area (Å²) < 4.78 is 5.34. The van der Waals surface area contributed by atoms with Gasteiger partial charge in [-0.15, -0.1) is 0 Å². The Kier molecular flexibility index (Phi) is 11.2. The molecule has 0 radical (unpaired) electrons. The van der Waals surface area contributed by atoms with E-state index in [1.807, 2.05) is 24.3 Å². The van der Waals surface area contributed by atoms with Crippen LogP contribution in [0, 0.1) is 35.0 Å². The summed E-state index contributed by atoms with van der Waals surface area (Å²) in [6.07, 6.45) is 13.9. The minimum Gasteiger partial charge on any atom is -0.497 e. The fraction of sp³-hybridized carbons (Fsp3) is 0.636. The summed E-state index contributed by atoms with van der Waals surface area (Å²) in [4.78, 5) is 13.0. The van der Waals surface area contributed by atoms with Crippen LogP contribution in [0.2, 0.25) is 0 Å². The number of fused-ring (bicyclic) bond motifs is 1. The molecule has 2 aliphatic rings. The van der Waals surface area contributed by atoms with Gasteiger partial charge in [-0.05, 0) is 92.5 Å². The van der Waals surface area contributed by atoms with Crippen LogP contribution in [-0.4, -0.2) is 31.2 Å². The maximum atomic E-state index is 13.0. The fourth-order valence-corrected chi connectivity index (χ4v) is 6.17. The van der Waals surface area contributed by atoms with Gasteiger partial charge in [0.05, 0.1) is 7.11 Å². The number of ketones is 1. The van der Waals surface area contributed by atoms with Crippen molar-refractivity contribution in [1.82, 2.24) is 5.32 Å². The van der Waals surface area contributed by atoms with Crippen molar-refractivity contribution < 1.29 is 9.53 Å². The first kappa shape index (κ1) is 29.4. The quantitative estimate of drug-likeness (QED) is 0.238. The van der Waals surface area contributed by atoms with E-state index in [0.29, 0.717) is 29.7 Å². The highest BCUT2D eigenvalue weighted by Gasteiger charge is 2.40. The Morgan fingerprint density at radius 3 is 2.73 bits per heavy atom. The van der Waals surface area contributed by atoms with E-state index in [9.17, 15) is 4.79 Å². The largest absolute Gasteiger partial charge is 0.497 e. The van der Waals surface area contributed by atoms with Crippen molar-refractivity contribution in [2.24, 2.45) is 29.6 Å². The zero-order valence-corrected chi connectivity index (χ0v) is 24.1. The highest BCUT2D eigenvalue weighted by molar-refractivity contribution is 5.91. The average Bonchev–Trinajstić information content (AvgIpc) is 3.15. The van der Waals surface area contributed by atoms with Crippen molar-refractivity contribution in [3.63, 3.8) is 0 Å². The average molecular weight is 507 g/mol. The molecule has 1 saturated carbocycles. The number of nitrogens with one attached hydrogen (secondary N) is 2. The molecule has 0 spiro atoms. The molecule has 1 aromatic carbocycles. The van der Waals surface area contributed by atoms with Gasteiger partial charge in [-0.1, -0.05) is 70.9 Å². The fourth-order valence-electron chi connectivity index (χ4n) is 6.17. The molecule has 1 aliphatic heterocycles. The van der Waals surface area contributed by atoms with Gasteiger partial charge in [0.2, 0.25) is 0 Å². The number of hydrogen-bond donors (Lipinski definition) is 2. The van der Waals surface area contributed by atoms with Crippen LogP contribution in [0.4, 0.5) is 0 Å². The molecule has 1 aromatic rings. The molecule has 0 amide bonds. The van der Waals surface area contributed by atoms with E-state index in [0.717, 1.165) is 49.3 Å². The van der Waals surface area contributed by atoms with Crippen LogP contribution in [0.3, 0.4) is 0 Å². The molecular formula is C33H50N2O2. The maximum absolute atomic E-state index is 13.0. The van der Waals surface area contributed by atoms with Crippen molar-refractivity contribution in [2.75, 3.05) is 13.7 Å². The third kappa shape index (κ3) is 8.40. The van der Waals surface area contributed by atoms with E-state index in [-0.39, 0.29) is 17.6 Å². The lowest BCUT2D eigenvalue weighted by molar-refractivity contribution is -0.117. The highest BCUT2D eigenvalue weighted by atomic mass is 16.5. The van der Waals surface area contributed by atoms with Gasteiger partial charge in [-0.25, -0.2) is 0 Å². The van der Waals surface area contributed by atoms with Gasteiger partial charge in [-0.2, -0.15) is 0 Å². The monoisotopic (exact) mass is 506 g/mol. The van der Waals surface area contributed by atoms with Gasteiger partial charge in [-0.3, -0.25) is 4.79 Å². The lowest BCUT2D eigenvalue weighted by Gasteiger charge is -2.31. The van der Waals surface area contributed by atoms with Crippen LogP contribution in [-0.2, 0) is 4.79 Å². The standard InChI is InChI=1S/C33H50N2O2/c1-22(2)18-26(20-31-30-19-25(5)33(34)29(30)12-7-8-17-35-31)15-13-24(4)32(36)16-14-23(3)27-10-9-11-28(21-27)37-6/h9-11,14,16,20-25,29-31,34-35H,7-8,12-13,15,17-19H2,1-6H3. The van der Waals surface area contributed by atoms with E-state index >= 15 is 0 Å². The van der Waals surface area contributed by atoms with Crippen LogP contribution in [0.5, 0.6) is 5.75 Å². The molecule has 0 bridgehead atoms. The number of carbonyl (C=O) groups is 1. The van der Waals surface area contributed by atoms with Crippen molar-refractivity contribution in [1.29, 1.82) is 5.41 Å². The normalized spacial score (nSPS) is 26.6. The predicted octanol–water partition coefficient (Wildman–Crippen LogP) is 7.75. The first-order chi connectivity index (χ1) is 17.7. The number of benzene rings is 1. The number of carbonyl (C=O) groups excluding carboxylic acids is 1. The molecule has 204 valence electrons. The van der Waals surface area contributed by atoms with Crippen molar-refractivity contribution in [3.05, 3.63) is 53.6 Å². The second-order valence-corrected chi connectivity index (χ2v) is 12.0. The molecule has 37 heavy (non-hydrogen) atoms. The third-order valence-electron chi connectivity index (χ3n) is 8.49. The smallest absolute Gasteiger partial charge is 0.158 e. The number of rotatable bonds is 11. The Balaban J connectivity index is 1.64. The van der Waals surface area contributed by atoms with Crippen molar-refractivity contribution in [2.45, 2.75) is 91.5 Å². The molecule has 4 heteroatoms. The number of methoxy groups -OCH3 is 1. The minimum absolute atomic E-state index is 0.00189. The van der Waals surface area contributed by atoms with Crippen molar-refractivity contribution >= 4 is 11.5 Å². The molecule has 1 aliphatic carbocycles. The molecule has 0 aromatic heterocycles. The third-order valence-corrected chi connectivity index (χ3v) is 8.49. The van der Waals surface area contributed by atoms with Gasteiger partial charge in [0.25, 0.3) is 0 Å². The first-order valence-corrected chi connectivity index (χ1v) is 14.6. The topological polar surface area (TPSA) is 62.2 Å². The summed E-state index contributed by atoms with van der Waals surface area (Å²) >= 11 is 0. The second-order valence-electron chi connectivity index (χ2n) is 12.0. The second kappa shape index (κ2) is 14.1. The van der Waals surface area contributed by atoms with Gasteiger partial charge < -0.3 is 15.5 Å². The SMILES string of the molecule is COc1cccc(C(C)C=CC(=O)C(C)CCC(=CC2NCCCCC3C(=N)C(C)CC23)CC(C)C)c1. The molecule has 6 atom stereocenters. The van der Waals surface area contributed by atoms with E-state index in [2.05, 4.69) is 52.1 Å². The molecule has 2 fully saturated rings. The maximum Gasteiger partial charge on any atom is 0.158 e. The Hall–Kier alpha value is -2.20. The van der Waals surface area contributed by atoms with E-state index in [1.165, 1.54) is 24.8 Å². The Morgan fingerprint density at radius 1 is 1.22 bits per heavy atom. The zero-order valence-electron chi connectivity index (χ0n) is 24.1. The number of allylic oxidation sites excluding steroid dienone is 3. The van der Waals surface area contributed by atoms with E-state index in [4.69, 9.17) is 10.1 Å². The van der Waals surface area contributed by atoms with Crippen LogP contribution < -0.4 is 10.1 Å². The van der Waals surface area contributed by atoms with E-state index < -0.39 is 0 Å². The highest BCUT2D eigenvalue weighted by Crippen LogP contribution is 2.40. The summed E-state index contributed by atoms with van der Waals surface area (Å²) in [6.45, 7) is 12.1. The minimum atomic E-state index is 0.00189. The summed E-state index contributed by atoms with van der Waals surface area (Å²) in [5.74, 6) is 3.17. The Bertz CT molecular complexity index is 963. The Labute approximate surface area is 225 Å². The van der Waals surface area contributed by atoms with E-state index in [1.54, 1.807) is 13.2 Å². The molecule has 1 saturated heterocycles. The lowest BCUT2D eigenvalue weighted by Crippen LogP contribution is -2.40. The van der Waals surface area contributed by atoms with Crippen LogP contribution >= 0.6 is 0 Å². The van der Waals surface area contributed by atoms with Gasteiger partial charge in [0, 0.05) is 23.6 Å². The van der Waals surface area contributed by atoms with Crippen molar-refractivity contribution in [3.8, 4) is 5.75 Å².